The maximum Gasteiger partial charge on any atom is 0.338 e. The average Bonchev–Trinajstić information content (AvgIpc) is 2.38. The molecule has 0 radical (unpaired) electrons. The molecule has 0 heterocycles. The van der Waals surface area contributed by atoms with E-state index in [9.17, 15) is 4.79 Å². The van der Waals surface area contributed by atoms with Crippen LogP contribution in [0.15, 0.2) is 30.8 Å². The Morgan fingerprint density at radius 3 is 2.76 bits per heavy atom. The molecule has 0 atom stereocenters. The van der Waals surface area contributed by atoms with Gasteiger partial charge >= 0.3 is 5.97 Å². The third kappa shape index (κ3) is 4.41. The molecular weight excluding hydrogens is 216 g/mol. The molecule has 3 heteroatoms. The van der Waals surface area contributed by atoms with Gasteiger partial charge in [-0.25, -0.2) is 4.79 Å². The van der Waals surface area contributed by atoms with Gasteiger partial charge in [0.15, 0.2) is 0 Å². The standard InChI is InChI=1S/C14H18O3/c1-2-12-8-4-5-9-13(12)14(16)17-11-7-3-6-10-15/h2,4-5,8-9,15H,1,3,6-7,10-11H2. The smallest absolute Gasteiger partial charge is 0.338 e. The highest BCUT2D eigenvalue weighted by Gasteiger charge is 2.09. The van der Waals surface area contributed by atoms with E-state index in [1.165, 1.54) is 0 Å². The van der Waals surface area contributed by atoms with Gasteiger partial charge in [-0.15, -0.1) is 0 Å². The summed E-state index contributed by atoms with van der Waals surface area (Å²) in [6.45, 7) is 4.24. The summed E-state index contributed by atoms with van der Waals surface area (Å²) in [4.78, 5) is 11.7. The minimum Gasteiger partial charge on any atom is -0.462 e. The predicted molar refractivity (Wildman–Crippen MR) is 67.8 cm³/mol. The quantitative estimate of drug-likeness (QED) is 0.582. The highest BCUT2D eigenvalue weighted by atomic mass is 16.5. The summed E-state index contributed by atoms with van der Waals surface area (Å²) in [5.74, 6) is -0.315. The molecule has 1 rings (SSSR count). The Labute approximate surface area is 102 Å². The molecule has 0 bridgehead atoms. The van der Waals surface area contributed by atoms with Gasteiger partial charge in [0.25, 0.3) is 0 Å². The lowest BCUT2D eigenvalue weighted by Crippen LogP contribution is -2.08. The maximum atomic E-state index is 11.7. The molecule has 3 nitrogen and oxygen atoms in total. The zero-order chi connectivity index (χ0) is 12.5. The van der Waals surface area contributed by atoms with Crippen LogP contribution in [-0.2, 0) is 4.74 Å². The molecule has 1 aromatic carbocycles. The number of carbonyl (C=O) groups excluding carboxylic acids is 1. The van der Waals surface area contributed by atoms with E-state index in [-0.39, 0.29) is 12.6 Å². The van der Waals surface area contributed by atoms with Gasteiger partial charge in [0.1, 0.15) is 0 Å². The number of carbonyl (C=O) groups is 1. The Balaban J connectivity index is 2.44. The summed E-state index contributed by atoms with van der Waals surface area (Å²) in [7, 11) is 0. The van der Waals surface area contributed by atoms with Gasteiger partial charge in [-0.1, -0.05) is 30.9 Å². The lowest BCUT2D eigenvalue weighted by molar-refractivity contribution is 0.0496. The first-order valence-electron chi connectivity index (χ1n) is 5.79. The van der Waals surface area contributed by atoms with Crippen molar-refractivity contribution in [1.82, 2.24) is 0 Å². The molecule has 0 spiro atoms. The molecule has 92 valence electrons. The number of aliphatic hydroxyl groups excluding tert-OH is 1. The first kappa shape index (κ1) is 13.5. The summed E-state index contributed by atoms with van der Waals surface area (Å²) in [5, 5.41) is 8.60. The average molecular weight is 234 g/mol. The number of aliphatic hydroxyl groups is 1. The molecule has 0 saturated carbocycles. The van der Waals surface area contributed by atoms with E-state index in [1.807, 2.05) is 12.1 Å². The molecular formula is C14H18O3. The van der Waals surface area contributed by atoms with Gasteiger partial charge in [-0.05, 0) is 30.9 Å². The fraction of sp³-hybridized carbons (Fsp3) is 0.357. The largest absolute Gasteiger partial charge is 0.462 e. The van der Waals surface area contributed by atoms with Crippen molar-refractivity contribution < 1.29 is 14.6 Å². The van der Waals surface area contributed by atoms with Crippen molar-refractivity contribution in [2.24, 2.45) is 0 Å². The van der Waals surface area contributed by atoms with E-state index in [1.54, 1.807) is 18.2 Å². The fourth-order valence-corrected chi connectivity index (χ4v) is 1.49. The Morgan fingerprint density at radius 1 is 1.29 bits per heavy atom. The minimum atomic E-state index is -0.315. The molecule has 1 N–H and O–H groups in total. The first-order valence-corrected chi connectivity index (χ1v) is 5.79. The SMILES string of the molecule is C=Cc1ccccc1C(=O)OCCCCCO. The summed E-state index contributed by atoms with van der Waals surface area (Å²) in [6, 6.07) is 7.22. The number of esters is 1. The van der Waals surface area contributed by atoms with E-state index in [0.717, 1.165) is 24.8 Å². The van der Waals surface area contributed by atoms with Crippen molar-refractivity contribution in [3.63, 3.8) is 0 Å². The first-order chi connectivity index (χ1) is 8.29. The van der Waals surface area contributed by atoms with Gasteiger partial charge in [0.2, 0.25) is 0 Å². The number of unbranched alkanes of at least 4 members (excludes halogenated alkanes) is 2. The number of ether oxygens (including phenoxy) is 1. The molecule has 0 aliphatic rings. The number of hydrogen-bond acceptors (Lipinski definition) is 3. The molecule has 0 fully saturated rings. The van der Waals surface area contributed by atoms with Crippen molar-refractivity contribution in [1.29, 1.82) is 0 Å². The zero-order valence-electron chi connectivity index (χ0n) is 9.89. The van der Waals surface area contributed by atoms with Crippen LogP contribution in [0.2, 0.25) is 0 Å². The summed E-state index contributed by atoms with van der Waals surface area (Å²) in [6.07, 6.45) is 4.04. The zero-order valence-corrected chi connectivity index (χ0v) is 9.89. The molecule has 0 saturated heterocycles. The van der Waals surface area contributed by atoms with Crippen LogP contribution in [0.5, 0.6) is 0 Å². The van der Waals surface area contributed by atoms with Crippen LogP contribution < -0.4 is 0 Å². The lowest BCUT2D eigenvalue weighted by Gasteiger charge is -2.06. The molecule has 17 heavy (non-hydrogen) atoms. The highest BCUT2D eigenvalue weighted by molar-refractivity contribution is 5.93. The summed E-state index contributed by atoms with van der Waals surface area (Å²) in [5.41, 5.74) is 1.33. The topological polar surface area (TPSA) is 46.5 Å². The highest BCUT2D eigenvalue weighted by Crippen LogP contribution is 2.11. The van der Waals surface area contributed by atoms with Gasteiger partial charge in [-0.3, -0.25) is 0 Å². The summed E-state index contributed by atoms with van der Waals surface area (Å²) < 4.78 is 5.15. The Hall–Kier alpha value is -1.61. The van der Waals surface area contributed by atoms with E-state index in [4.69, 9.17) is 9.84 Å². The Kier molecular flexibility index (Phi) is 6.04. The number of hydrogen-bond donors (Lipinski definition) is 1. The Bertz CT molecular complexity index is 371. The minimum absolute atomic E-state index is 0.188. The van der Waals surface area contributed by atoms with Crippen LogP contribution >= 0.6 is 0 Å². The third-order valence-corrected chi connectivity index (χ3v) is 2.44. The van der Waals surface area contributed by atoms with Gasteiger partial charge in [0, 0.05) is 6.61 Å². The predicted octanol–water partition coefficient (Wildman–Crippen LogP) is 2.65. The molecule has 0 aliphatic carbocycles. The van der Waals surface area contributed by atoms with Crippen molar-refractivity contribution in [2.75, 3.05) is 13.2 Å². The fourth-order valence-electron chi connectivity index (χ4n) is 1.49. The normalized spacial score (nSPS) is 9.94. The van der Waals surface area contributed by atoms with Gasteiger partial charge < -0.3 is 9.84 Å². The molecule has 1 aromatic rings. The number of benzene rings is 1. The van der Waals surface area contributed by atoms with E-state index in [0.29, 0.717) is 12.2 Å². The second-order valence-electron chi connectivity index (χ2n) is 3.71. The monoisotopic (exact) mass is 234 g/mol. The molecule has 0 unspecified atom stereocenters. The van der Waals surface area contributed by atoms with Crippen molar-refractivity contribution in [3.05, 3.63) is 42.0 Å². The Morgan fingerprint density at radius 2 is 2.06 bits per heavy atom. The van der Waals surface area contributed by atoms with Crippen LogP contribution in [0.3, 0.4) is 0 Å². The molecule has 0 aliphatic heterocycles. The molecule has 0 aromatic heterocycles. The number of rotatable bonds is 7. The lowest BCUT2D eigenvalue weighted by atomic mass is 10.1. The van der Waals surface area contributed by atoms with Crippen LogP contribution in [0, 0.1) is 0 Å². The van der Waals surface area contributed by atoms with Gasteiger partial charge in [-0.2, -0.15) is 0 Å². The van der Waals surface area contributed by atoms with Crippen molar-refractivity contribution in [3.8, 4) is 0 Å². The van der Waals surface area contributed by atoms with Crippen molar-refractivity contribution >= 4 is 12.0 Å². The second kappa shape index (κ2) is 7.63. The van der Waals surface area contributed by atoms with Gasteiger partial charge in [0.05, 0.1) is 12.2 Å². The summed E-state index contributed by atoms with van der Waals surface area (Å²) >= 11 is 0. The van der Waals surface area contributed by atoms with E-state index >= 15 is 0 Å². The van der Waals surface area contributed by atoms with Crippen LogP contribution in [0.1, 0.15) is 35.2 Å². The second-order valence-corrected chi connectivity index (χ2v) is 3.71. The van der Waals surface area contributed by atoms with Crippen molar-refractivity contribution in [2.45, 2.75) is 19.3 Å². The maximum absolute atomic E-state index is 11.7. The van der Waals surface area contributed by atoms with Crippen LogP contribution in [0.4, 0.5) is 0 Å². The van der Waals surface area contributed by atoms with Crippen LogP contribution in [0.25, 0.3) is 6.08 Å². The third-order valence-electron chi connectivity index (χ3n) is 2.44. The molecule has 0 amide bonds. The van der Waals surface area contributed by atoms with E-state index < -0.39 is 0 Å². The van der Waals surface area contributed by atoms with E-state index in [2.05, 4.69) is 6.58 Å². The van der Waals surface area contributed by atoms with Crippen LogP contribution in [-0.4, -0.2) is 24.3 Å².